The van der Waals surface area contributed by atoms with E-state index < -0.39 is 0 Å². The lowest BCUT2D eigenvalue weighted by molar-refractivity contribution is -0.122. The fraction of sp³-hybridized carbons (Fsp3) is 0.174. The fourth-order valence-corrected chi connectivity index (χ4v) is 6.19. The van der Waals surface area contributed by atoms with Crippen molar-refractivity contribution in [2.45, 2.75) is 22.9 Å². The predicted octanol–water partition coefficient (Wildman–Crippen LogP) is 6.24. The molecular formula is C23H18ClFN4O2S4. The van der Waals surface area contributed by atoms with Gasteiger partial charge in [0.15, 0.2) is 4.34 Å². The van der Waals surface area contributed by atoms with Crippen molar-refractivity contribution in [1.29, 1.82) is 0 Å². The lowest BCUT2D eigenvalue weighted by atomic mass is 10.2. The normalized spacial score (nSPS) is 14.7. The molecule has 2 amide bonds. The van der Waals surface area contributed by atoms with E-state index in [1.54, 1.807) is 18.2 Å². The second-order valence-corrected chi connectivity index (χ2v) is 11.6. The minimum atomic E-state index is -0.338. The zero-order valence-electron chi connectivity index (χ0n) is 18.1. The maximum absolute atomic E-state index is 13.1. The summed E-state index contributed by atoms with van der Waals surface area (Å²) in [5.41, 5.74) is 1.83. The average molecular weight is 565 g/mol. The summed E-state index contributed by atoms with van der Waals surface area (Å²) in [7, 11) is 0. The Labute approximate surface area is 224 Å². The number of hydrogen-bond donors (Lipinski definition) is 1. The van der Waals surface area contributed by atoms with Gasteiger partial charge in [-0.3, -0.25) is 14.5 Å². The van der Waals surface area contributed by atoms with Crippen molar-refractivity contribution < 1.29 is 14.0 Å². The number of nitrogens with one attached hydrogen (secondary N) is 1. The zero-order valence-corrected chi connectivity index (χ0v) is 22.1. The number of thiocarbonyl (C=S) groups is 1. The third kappa shape index (κ3) is 7.34. The Morgan fingerprint density at radius 2 is 1.91 bits per heavy atom. The summed E-state index contributed by atoms with van der Waals surface area (Å²) in [6, 6.07) is 13.5. The van der Waals surface area contributed by atoms with Gasteiger partial charge in [-0.2, -0.15) is 0 Å². The van der Waals surface area contributed by atoms with Crippen molar-refractivity contribution in [3.05, 3.63) is 75.4 Å². The molecule has 180 valence electrons. The fourth-order valence-electron chi connectivity index (χ4n) is 3.03. The number of carbonyl (C=O) groups excluding carboxylic acids is 2. The van der Waals surface area contributed by atoms with Crippen molar-refractivity contribution in [3.63, 3.8) is 0 Å². The summed E-state index contributed by atoms with van der Waals surface area (Å²) in [5, 5.41) is 12.0. The van der Waals surface area contributed by atoms with E-state index in [1.165, 1.54) is 51.9 Å². The van der Waals surface area contributed by atoms with E-state index >= 15 is 0 Å². The topological polar surface area (TPSA) is 75.2 Å². The summed E-state index contributed by atoms with van der Waals surface area (Å²) in [6.07, 6.45) is 2.34. The standard InChI is InChI=1S/C23H18ClFN4O2S4/c24-16-7-3-15(4-8-16)13-33-22-28-27-21(35-22)26-19(30)2-1-11-29-20(31)18(34-23(29)32)12-14-5-9-17(25)10-6-14/h3-10,12H,1-2,11,13H2,(H,26,27,30)/b18-12-. The number of hydrogen-bond acceptors (Lipinski definition) is 8. The number of amides is 2. The second-order valence-electron chi connectivity index (χ2n) is 7.32. The lowest BCUT2D eigenvalue weighted by Gasteiger charge is -2.13. The molecule has 2 heterocycles. The molecule has 1 fully saturated rings. The highest BCUT2D eigenvalue weighted by atomic mass is 35.5. The molecule has 2 aromatic carbocycles. The van der Waals surface area contributed by atoms with Crippen molar-refractivity contribution in [1.82, 2.24) is 15.1 Å². The van der Waals surface area contributed by atoms with Crippen molar-refractivity contribution in [2.75, 3.05) is 11.9 Å². The molecule has 0 atom stereocenters. The van der Waals surface area contributed by atoms with Crippen LogP contribution in [0.25, 0.3) is 6.08 Å². The van der Waals surface area contributed by atoms with Gasteiger partial charge in [0.05, 0.1) is 4.91 Å². The number of carbonyl (C=O) groups is 2. The van der Waals surface area contributed by atoms with E-state index in [1.807, 2.05) is 24.3 Å². The Morgan fingerprint density at radius 3 is 2.66 bits per heavy atom. The first kappa shape index (κ1) is 25.8. The molecule has 0 bridgehead atoms. The van der Waals surface area contributed by atoms with Crippen LogP contribution in [-0.2, 0) is 15.3 Å². The summed E-state index contributed by atoms with van der Waals surface area (Å²) in [5.74, 6) is -0.0348. The first-order valence-electron chi connectivity index (χ1n) is 10.4. The van der Waals surface area contributed by atoms with Gasteiger partial charge in [0.2, 0.25) is 11.0 Å². The largest absolute Gasteiger partial charge is 0.301 e. The number of halogens is 2. The minimum Gasteiger partial charge on any atom is -0.301 e. The van der Waals surface area contributed by atoms with Gasteiger partial charge < -0.3 is 5.32 Å². The van der Waals surface area contributed by atoms with Crippen LogP contribution in [0, 0.1) is 5.82 Å². The molecule has 0 radical (unpaired) electrons. The molecule has 1 saturated heterocycles. The molecular weight excluding hydrogens is 547 g/mol. The summed E-state index contributed by atoms with van der Waals surface area (Å²) < 4.78 is 14.3. The minimum absolute atomic E-state index is 0.206. The first-order valence-corrected chi connectivity index (χ1v) is 13.8. The summed E-state index contributed by atoms with van der Waals surface area (Å²) in [4.78, 5) is 27.0. The van der Waals surface area contributed by atoms with Crippen molar-refractivity contribution >= 4 is 86.0 Å². The number of nitrogens with zero attached hydrogens (tertiary/aromatic N) is 3. The molecule has 0 spiro atoms. The van der Waals surface area contributed by atoms with E-state index in [0.717, 1.165) is 15.7 Å². The molecule has 35 heavy (non-hydrogen) atoms. The quantitative estimate of drug-likeness (QED) is 0.143. The van der Waals surface area contributed by atoms with Crippen LogP contribution in [0.2, 0.25) is 5.02 Å². The SMILES string of the molecule is O=C(CCCN1C(=O)/C(=C/c2ccc(F)cc2)SC1=S)Nc1nnc(SCc2ccc(Cl)cc2)s1. The van der Waals surface area contributed by atoms with Crippen LogP contribution < -0.4 is 5.32 Å². The van der Waals surface area contributed by atoms with Crippen LogP contribution in [0.15, 0.2) is 57.8 Å². The predicted molar refractivity (Wildman–Crippen MR) is 145 cm³/mol. The second kappa shape index (κ2) is 12.1. The van der Waals surface area contributed by atoms with Gasteiger partial charge >= 0.3 is 0 Å². The van der Waals surface area contributed by atoms with Gasteiger partial charge in [0, 0.05) is 23.7 Å². The first-order chi connectivity index (χ1) is 16.9. The van der Waals surface area contributed by atoms with Crippen LogP contribution in [0.3, 0.4) is 0 Å². The molecule has 3 aromatic rings. The molecule has 4 rings (SSSR count). The van der Waals surface area contributed by atoms with E-state index in [2.05, 4.69) is 15.5 Å². The van der Waals surface area contributed by atoms with Gasteiger partial charge in [-0.15, -0.1) is 10.2 Å². The number of rotatable bonds is 9. The third-order valence-electron chi connectivity index (χ3n) is 4.76. The Kier molecular flexibility index (Phi) is 8.90. The van der Waals surface area contributed by atoms with Crippen LogP contribution in [-0.4, -0.2) is 37.8 Å². The molecule has 1 aliphatic rings. The Morgan fingerprint density at radius 1 is 1.17 bits per heavy atom. The van der Waals surface area contributed by atoms with Crippen LogP contribution in [0.4, 0.5) is 9.52 Å². The molecule has 1 aromatic heterocycles. The maximum atomic E-state index is 13.1. The molecule has 0 aliphatic carbocycles. The third-order valence-corrected chi connectivity index (χ3v) is 8.43. The Balaban J connectivity index is 1.22. The molecule has 0 unspecified atom stereocenters. The molecule has 12 heteroatoms. The monoisotopic (exact) mass is 564 g/mol. The highest BCUT2D eigenvalue weighted by Crippen LogP contribution is 2.33. The molecule has 1 N–H and O–H groups in total. The van der Waals surface area contributed by atoms with Crippen molar-refractivity contribution in [2.24, 2.45) is 0 Å². The number of benzene rings is 2. The Hall–Kier alpha value is -2.31. The maximum Gasteiger partial charge on any atom is 0.266 e. The van der Waals surface area contributed by atoms with Crippen molar-refractivity contribution in [3.8, 4) is 0 Å². The van der Waals surface area contributed by atoms with Crippen LogP contribution >= 0.6 is 58.7 Å². The average Bonchev–Trinajstić information content (AvgIpc) is 3.39. The van der Waals surface area contributed by atoms with E-state index in [0.29, 0.717) is 37.9 Å². The number of thioether (sulfide) groups is 2. The zero-order chi connectivity index (χ0) is 24.8. The number of anilines is 1. The smallest absolute Gasteiger partial charge is 0.266 e. The van der Waals surface area contributed by atoms with E-state index in [-0.39, 0.29) is 24.1 Å². The van der Waals surface area contributed by atoms with Crippen LogP contribution in [0.1, 0.15) is 24.0 Å². The van der Waals surface area contributed by atoms with Gasteiger partial charge in [0.25, 0.3) is 5.91 Å². The van der Waals surface area contributed by atoms with Gasteiger partial charge in [-0.25, -0.2) is 4.39 Å². The summed E-state index contributed by atoms with van der Waals surface area (Å²) in [6.45, 7) is 0.331. The Bertz CT molecular complexity index is 1270. The summed E-state index contributed by atoms with van der Waals surface area (Å²) >= 11 is 15.3. The van der Waals surface area contributed by atoms with Gasteiger partial charge in [-0.05, 0) is 47.9 Å². The number of aromatic nitrogens is 2. The highest BCUT2D eigenvalue weighted by Gasteiger charge is 2.31. The molecule has 6 nitrogen and oxygen atoms in total. The molecule has 1 aliphatic heterocycles. The van der Waals surface area contributed by atoms with Crippen LogP contribution in [0.5, 0.6) is 0 Å². The van der Waals surface area contributed by atoms with E-state index in [9.17, 15) is 14.0 Å². The van der Waals surface area contributed by atoms with E-state index in [4.69, 9.17) is 23.8 Å². The highest BCUT2D eigenvalue weighted by molar-refractivity contribution is 8.26. The molecule has 0 saturated carbocycles. The van der Waals surface area contributed by atoms with Gasteiger partial charge in [0.1, 0.15) is 10.1 Å². The van der Waals surface area contributed by atoms with Gasteiger partial charge in [-0.1, -0.05) is 82.9 Å². The lowest BCUT2D eigenvalue weighted by Crippen LogP contribution is -2.29.